The van der Waals surface area contributed by atoms with E-state index in [2.05, 4.69) is 12.2 Å². The van der Waals surface area contributed by atoms with E-state index in [4.69, 9.17) is 18.0 Å². The number of nitrogens with two attached hydrogens (primary N) is 1. The van der Waals surface area contributed by atoms with Crippen LogP contribution in [0.15, 0.2) is 0 Å². The van der Waals surface area contributed by atoms with Crippen molar-refractivity contribution >= 4 is 17.3 Å². The van der Waals surface area contributed by atoms with Crippen LogP contribution >= 0.6 is 12.2 Å². The molecule has 0 aliphatic heterocycles. The highest BCUT2D eigenvalue weighted by atomic mass is 32.1. The zero-order valence-electron chi connectivity index (χ0n) is 7.68. The molecule has 1 aliphatic rings. The van der Waals surface area contributed by atoms with Crippen molar-refractivity contribution in [3.8, 4) is 0 Å². The van der Waals surface area contributed by atoms with Crippen molar-refractivity contribution in [3.05, 3.63) is 0 Å². The maximum atomic E-state index is 5.43. The van der Waals surface area contributed by atoms with Crippen LogP contribution in [0.3, 0.4) is 0 Å². The monoisotopic (exact) mass is 186 g/mol. The first-order chi connectivity index (χ1) is 5.72. The average molecular weight is 186 g/mol. The normalized spacial score (nSPS) is 29.8. The summed E-state index contributed by atoms with van der Waals surface area (Å²) >= 11 is 4.82. The third-order valence-corrected chi connectivity index (χ3v) is 2.82. The summed E-state index contributed by atoms with van der Waals surface area (Å²) in [6.45, 7) is 2.26. The van der Waals surface area contributed by atoms with Gasteiger partial charge in [0, 0.05) is 6.04 Å². The Hall–Kier alpha value is -0.310. The molecular formula is C9H18N2S. The molecule has 0 bridgehead atoms. The van der Waals surface area contributed by atoms with E-state index in [-0.39, 0.29) is 0 Å². The first kappa shape index (κ1) is 9.78. The van der Waals surface area contributed by atoms with Crippen LogP contribution in [-0.2, 0) is 0 Å². The Kier molecular flexibility index (Phi) is 3.79. The van der Waals surface area contributed by atoms with Gasteiger partial charge >= 0.3 is 0 Å². The Morgan fingerprint density at radius 2 is 2.33 bits per heavy atom. The van der Waals surface area contributed by atoms with Gasteiger partial charge in [-0.15, -0.1) is 0 Å². The third-order valence-electron chi connectivity index (χ3n) is 2.71. The van der Waals surface area contributed by atoms with Crippen molar-refractivity contribution in [1.29, 1.82) is 0 Å². The van der Waals surface area contributed by atoms with Gasteiger partial charge in [-0.1, -0.05) is 26.2 Å². The molecule has 0 saturated heterocycles. The van der Waals surface area contributed by atoms with Gasteiger partial charge in [-0.05, 0) is 31.0 Å². The van der Waals surface area contributed by atoms with Gasteiger partial charge in [-0.25, -0.2) is 0 Å². The molecule has 12 heavy (non-hydrogen) atoms. The molecule has 0 spiro atoms. The zero-order valence-corrected chi connectivity index (χ0v) is 8.49. The van der Waals surface area contributed by atoms with Gasteiger partial charge in [0.05, 0.1) is 0 Å². The van der Waals surface area contributed by atoms with Gasteiger partial charge in [0.15, 0.2) is 5.11 Å². The Morgan fingerprint density at radius 1 is 1.58 bits per heavy atom. The van der Waals surface area contributed by atoms with E-state index in [9.17, 15) is 0 Å². The molecule has 0 aromatic carbocycles. The lowest BCUT2D eigenvalue weighted by Crippen LogP contribution is -2.41. The summed E-state index contributed by atoms with van der Waals surface area (Å²) in [7, 11) is 0. The molecule has 70 valence electrons. The van der Waals surface area contributed by atoms with Gasteiger partial charge in [-0.2, -0.15) is 0 Å². The summed E-state index contributed by atoms with van der Waals surface area (Å²) < 4.78 is 0. The van der Waals surface area contributed by atoms with Gasteiger partial charge in [0.2, 0.25) is 0 Å². The van der Waals surface area contributed by atoms with Crippen LogP contribution in [0.4, 0.5) is 0 Å². The minimum atomic E-state index is 0.455. The maximum absolute atomic E-state index is 5.43. The quantitative estimate of drug-likeness (QED) is 0.646. The number of rotatable bonds is 2. The SMILES string of the molecule is CCC1CCCC(NC(N)=S)C1. The summed E-state index contributed by atoms with van der Waals surface area (Å²) in [5.74, 6) is 0.880. The summed E-state index contributed by atoms with van der Waals surface area (Å²) in [5, 5.41) is 3.61. The fourth-order valence-electron chi connectivity index (χ4n) is 1.99. The third kappa shape index (κ3) is 2.97. The Morgan fingerprint density at radius 3 is 2.92 bits per heavy atom. The van der Waals surface area contributed by atoms with E-state index < -0.39 is 0 Å². The second-order valence-electron chi connectivity index (χ2n) is 3.65. The van der Waals surface area contributed by atoms with Crippen LogP contribution < -0.4 is 11.1 Å². The van der Waals surface area contributed by atoms with Crippen LogP contribution in [-0.4, -0.2) is 11.2 Å². The predicted octanol–water partition coefficient (Wildman–Crippen LogP) is 1.79. The summed E-state index contributed by atoms with van der Waals surface area (Å²) in [5.41, 5.74) is 5.43. The zero-order chi connectivity index (χ0) is 8.97. The number of hydrogen-bond donors (Lipinski definition) is 2. The highest BCUT2D eigenvalue weighted by Crippen LogP contribution is 2.26. The molecule has 0 radical (unpaired) electrons. The first-order valence-corrected chi connectivity index (χ1v) is 5.19. The first-order valence-electron chi connectivity index (χ1n) is 4.78. The number of nitrogens with one attached hydrogen (secondary N) is 1. The van der Waals surface area contributed by atoms with E-state index in [1.807, 2.05) is 0 Å². The fourth-order valence-corrected chi connectivity index (χ4v) is 2.16. The maximum Gasteiger partial charge on any atom is 0.163 e. The van der Waals surface area contributed by atoms with Gasteiger partial charge < -0.3 is 11.1 Å². The topological polar surface area (TPSA) is 38.0 Å². The predicted molar refractivity (Wildman–Crippen MR) is 56.0 cm³/mol. The smallest absolute Gasteiger partial charge is 0.163 e. The molecular weight excluding hydrogens is 168 g/mol. The second kappa shape index (κ2) is 4.65. The minimum absolute atomic E-state index is 0.455. The highest BCUT2D eigenvalue weighted by molar-refractivity contribution is 7.80. The summed E-state index contributed by atoms with van der Waals surface area (Å²) in [6, 6.07) is 0.543. The Balaban J connectivity index is 2.30. The Bertz CT molecular complexity index is 159. The van der Waals surface area contributed by atoms with Gasteiger partial charge in [0.25, 0.3) is 0 Å². The molecule has 0 aromatic heterocycles. The van der Waals surface area contributed by atoms with Crippen molar-refractivity contribution in [1.82, 2.24) is 5.32 Å². The molecule has 2 unspecified atom stereocenters. The van der Waals surface area contributed by atoms with E-state index in [1.165, 1.54) is 32.1 Å². The average Bonchev–Trinajstić information content (AvgIpc) is 2.03. The van der Waals surface area contributed by atoms with Crippen LogP contribution in [0.2, 0.25) is 0 Å². The van der Waals surface area contributed by atoms with E-state index in [0.29, 0.717) is 11.2 Å². The lowest BCUT2D eigenvalue weighted by atomic mass is 9.84. The molecule has 1 fully saturated rings. The summed E-state index contributed by atoms with van der Waals surface area (Å²) in [6.07, 6.45) is 6.46. The van der Waals surface area contributed by atoms with Crippen molar-refractivity contribution in [2.24, 2.45) is 11.7 Å². The molecule has 0 aromatic rings. The molecule has 3 N–H and O–H groups in total. The van der Waals surface area contributed by atoms with Crippen LogP contribution in [0.25, 0.3) is 0 Å². The molecule has 2 atom stereocenters. The van der Waals surface area contributed by atoms with Gasteiger partial charge in [0.1, 0.15) is 0 Å². The molecule has 0 heterocycles. The summed E-state index contributed by atoms with van der Waals surface area (Å²) in [4.78, 5) is 0. The standard InChI is InChI=1S/C9H18N2S/c1-2-7-4-3-5-8(6-7)11-9(10)12/h7-8H,2-6H2,1H3,(H3,10,11,12). The molecule has 1 saturated carbocycles. The number of hydrogen-bond acceptors (Lipinski definition) is 1. The lowest BCUT2D eigenvalue weighted by Gasteiger charge is -2.29. The van der Waals surface area contributed by atoms with Crippen LogP contribution in [0.5, 0.6) is 0 Å². The van der Waals surface area contributed by atoms with Gasteiger partial charge in [-0.3, -0.25) is 0 Å². The van der Waals surface area contributed by atoms with E-state index in [1.54, 1.807) is 0 Å². The van der Waals surface area contributed by atoms with Crippen LogP contribution in [0, 0.1) is 5.92 Å². The number of thiocarbonyl (C=S) groups is 1. The fraction of sp³-hybridized carbons (Fsp3) is 0.889. The molecule has 3 heteroatoms. The van der Waals surface area contributed by atoms with Crippen molar-refractivity contribution in [3.63, 3.8) is 0 Å². The van der Waals surface area contributed by atoms with Crippen molar-refractivity contribution < 1.29 is 0 Å². The lowest BCUT2D eigenvalue weighted by molar-refractivity contribution is 0.300. The van der Waals surface area contributed by atoms with Crippen molar-refractivity contribution in [2.75, 3.05) is 0 Å². The minimum Gasteiger partial charge on any atom is -0.376 e. The Labute approximate surface area is 79.9 Å². The second-order valence-corrected chi connectivity index (χ2v) is 4.09. The molecule has 1 rings (SSSR count). The van der Waals surface area contributed by atoms with E-state index in [0.717, 1.165) is 5.92 Å². The molecule has 2 nitrogen and oxygen atoms in total. The largest absolute Gasteiger partial charge is 0.376 e. The van der Waals surface area contributed by atoms with Crippen LogP contribution in [0.1, 0.15) is 39.0 Å². The molecule has 0 amide bonds. The van der Waals surface area contributed by atoms with E-state index >= 15 is 0 Å². The molecule has 1 aliphatic carbocycles. The van der Waals surface area contributed by atoms with Crippen molar-refractivity contribution in [2.45, 2.75) is 45.1 Å². The highest BCUT2D eigenvalue weighted by Gasteiger charge is 2.20.